The molecule has 1 aromatic carbocycles. The minimum atomic E-state index is 0.284. The van der Waals surface area contributed by atoms with Crippen molar-refractivity contribution >= 4 is 21.6 Å². The van der Waals surface area contributed by atoms with Gasteiger partial charge in [-0.05, 0) is 62.3 Å². The van der Waals surface area contributed by atoms with Crippen LogP contribution in [-0.4, -0.2) is 24.7 Å². The predicted octanol–water partition coefficient (Wildman–Crippen LogP) is 4.36. The molecule has 0 bridgehead atoms. The van der Waals surface area contributed by atoms with Gasteiger partial charge in [0.25, 0.3) is 0 Å². The molecule has 3 rings (SSSR count). The third-order valence-electron chi connectivity index (χ3n) is 5.34. The van der Waals surface area contributed by atoms with Crippen molar-refractivity contribution < 1.29 is 0 Å². The van der Waals surface area contributed by atoms with Crippen molar-refractivity contribution in [2.75, 3.05) is 18.0 Å². The van der Waals surface area contributed by atoms with Gasteiger partial charge in [0.05, 0.1) is 0 Å². The minimum absolute atomic E-state index is 0.284. The lowest BCUT2D eigenvalue weighted by molar-refractivity contribution is 0.233. The van der Waals surface area contributed by atoms with Crippen LogP contribution >= 0.6 is 15.9 Å². The fourth-order valence-electron chi connectivity index (χ4n) is 3.65. The summed E-state index contributed by atoms with van der Waals surface area (Å²) in [6.07, 6.45) is 2.78. The molecule has 1 saturated carbocycles. The first kappa shape index (κ1) is 15.4. The summed E-state index contributed by atoms with van der Waals surface area (Å²) in [7, 11) is 0. The number of halogens is 1. The van der Waals surface area contributed by atoms with Gasteiger partial charge in [-0.3, -0.25) is 0 Å². The highest BCUT2D eigenvalue weighted by Crippen LogP contribution is 2.42. The Morgan fingerprint density at radius 1 is 1.33 bits per heavy atom. The maximum Gasteiger partial charge on any atom is 0.0438 e. The number of hydrogen-bond donors (Lipinski definition) is 1. The highest BCUT2D eigenvalue weighted by atomic mass is 79.9. The molecule has 1 heterocycles. The Balaban J connectivity index is 1.91. The number of aryl methyl sites for hydroxylation is 1. The first-order chi connectivity index (χ1) is 9.90. The summed E-state index contributed by atoms with van der Waals surface area (Å²) >= 11 is 3.62. The van der Waals surface area contributed by atoms with Crippen molar-refractivity contribution in [3.05, 3.63) is 28.2 Å². The minimum Gasteiger partial charge on any atom is -0.365 e. The van der Waals surface area contributed by atoms with Gasteiger partial charge in [0.2, 0.25) is 0 Å². The highest BCUT2D eigenvalue weighted by Gasteiger charge is 2.46. The molecule has 116 valence electrons. The Bertz CT molecular complexity index is 524. The molecule has 0 amide bonds. The Hall–Kier alpha value is -0.540. The Labute approximate surface area is 137 Å². The van der Waals surface area contributed by atoms with Crippen LogP contribution in [0.25, 0.3) is 0 Å². The first-order valence-corrected chi connectivity index (χ1v) is 8.98. The maximum atomic E-state index is 3.86. The number of anilines is 1. The molecule has 0 spiro atoms. The standard InChI is InChI=1S/C18H27BrN2/c1-12(2)17-10-20-18(4,14-5-6-14)11-21(17)15-7-8-16(19)13(3)9-15/h7-9,12,14,17,20H,5-6,10-11H2,1-4H3. The summed E-state index contributed by atoms with van der Waals surface area (Å²) in [4.78, 5) is 2.65. The summed E-state index contributed by atoms with van der Waals surface area (Å²) in [5, 5.41) is 3.86. The second kappa shape index (κ2) is 5.58. The fourth-order valence-corrected chi connectivity index (χ4v) is 3.90. The predicted molar refractivity (Wildman–Crippen MR) is 94.0 cm³/mol. The zero-order chi connectivity index (χ0) is 15.2. The molecule has 1 saturated heterocycles. The van der Waals surface area contributed by atoms with E-state index in [1.165, 1.54) is 28.6 Å². The maximum absolute atomic E-state index is 3.86. The van der Waals surface area contributed by atoms with Crippen LogP contribution in [0, 0.1) is 18.8 Å². The van der Waals surface area contributed by atoms with Gasteiger partial charge < -0.3 is 10.2 Å². The van der Waals surface area contributed by atoms with Crippen molar-refractivity contribution in [2.45, 2.75) is 52.1 Å². The van der Waals surface area contributed by atoms with Gasteiger partial charge in [-0.1, -0.05) is 29.8 Å². The molecule has 2 fully saturated rings. The molecule has 0 radical (unpaired) electrons. The number of piperazine rings is 1. The van der Waals surface area contributed by atoms with E-state index >= 15 is 0 Å². The van der Waals surface area contributed by atoms with Gasteiger partial charge in [-0.15, -0.1) is 0 Å². The summed E-state index contributed by atoms with van der Waals surface area (Å²) in [5.74, 6) is 1.52. The molecular weight excluding hydrogens is 324 g/mol. The molecule has 1 aromatic rings. The van der Waals surface area contributed by atoms with Gasteiger partial charge in [-0.25, -0.2) is 0 Å². The average Bonchev–Trinajstić information content (AvgIpc) is 3.26. The van der Waals surface area contributed by atoms with Gasteiger partial charge in [0.15, 0.2) is 0 Å². The smallest absolute Gasteiger partial charge is 0.0438 e. The van der Waals surface area contributed by atoms with Gasteiger partial charge in [0, 0.05) is 34.8 Å². The Kier molecular flexibility index (Phi) is 4.08. The first-order valence-electron chi connectivity index (χ1n) is 8.18. The number of hydrogen-bond acceptors (Lipinski definition) is 2. The van der Waals surface area contributed by atoms with Gasteiger partial charge in [0.1, 0.15) is 0 Å². The highest BCUT2D eigenvalue weighted by molar-refractivity contribution is 9.10. The Morgan fingerprint density at radius 2 is 2.05 bits per heavy atom. The van der Waals surface area contributed by atoms with E-state index < -0.39 is 0 Å². The van der Waals surface area contributed by atoms with E-state index in [1.807, 2.05) is 0 Å². The van der Waals surface area contributed by atoms with Crippen LogP contribution < -0.4 is 10.2 Å². The van der Waals surface area contributed by atoms with Crippen LogP contribution in [-0.2, 0) is 0 Å². The van der Waals surface area contributed by atoms with E-state index in [0.29, 0.717) is 12.0 Å². The second-order valence-electron chi connectivity index (χ2n) is 7.45. The molecule has 2 atom stereocenters. The molecule has 3 heteroatoms. The molecule has 2 nitrogen and oxygen atoms in total. The average molecular weight is 351 g/mol. The van der Waals surface area contributed by atoms with Crippen LogP contribution in [0.1, 0.15) is 39.2 Å². The second-order valence-corrected chi connectivity index (χ2v) is 8.30. The molecule has 21 heavy (non-hydrogen) atoms. The summed E-state index contributed by atoms with van der Waals surface area (Å²) < 4.78 is 1.20. The SMILES string of the molecule is Cc1cc(N2CC(C)(C3CC3)NCC2C(C)C)ccc1Br. The lowest BCUT2D eigenvalue weighted by Gasteiger charge is -2.49. The number of nitrogens with zero attached hydrogens (tertiary/aromatic N) is 1. The lowest BCUT2D eigenvalue weighted by Crippen LogP contribution is -2.65. The third kappa shape index (κ3) is 3.00. The normalized spacial score (nSPS) is 30.0. The quantitative estimate of drug-likeness (QED) is 0.870. The topological polar surface area (TPSA) is 15.3 Å². The van der Waals surface area contributed by atoms with Crippen LogP contribution in [0.3, 0.4) is 0 Å². The number of benzene rings is 1. The molecule has 1 aliphatic heterocycles. The zero-order valence-corrected chi connectivity index (χ0v) is 15.2. The van der Waals surface area contributed by atoms with E-state index in [4.69, 9.17) is 0 Å². The van der Waals surface area contributed by atoms with Gasteiger partial charge in [-0.2, -0.15) is 0 Å². The Morgan fingerprint density at radius 3 is 2.62 bits per heavy atom. The van der Waals surface area contributed by atoms with E-state index in [0.717, 1.165) is 19.0 Å². The van der Waals surface area contributed by atoms with Crippen molar-refractivity contribution in [1.29, 1.82) is 0 Å². The summed E-state index contributed by atoms with van der Waals surface area (Å²) in [6, 6.07) is 7.37. The van der Waals surface area contributed by atoms with Crippen LogP contribution in [0.5, 0.6) is 0 Å². The van der Waals surface area contributed by atoms with Crippen molar-refractivity contribution in [3.8, 4) is 0 Å². The molecule has 1 aliphatic carbocycles. The molecular formula is C18H27BrN2. The van der Waals surface area contributed by atoms with Crippen LogP contribution in [0.4, 0.5) is 5.69 Å². The van der Waals surface area contributed by atoms with E-state index in [-0.39, 0.29) is 5.54 Å². The number of rotatable bonds is 3. The summed E-state index contributed by atoms with van der Waals surface area (Å²) in [5.41, 5.74) is 2.98. The molecule has 0 aromatic heterocycles. The monoisotopic (exact) mass is 350 g/mol. The lowest BCUT2D eigenvalue weighted by atomic mass is 9.87. The summed E-state index contributed by atoms with van der Waals surface area (Å²) in [6.45, 7) is 11.5. The van der Waals surface area contributed by atoms with Crippen molar-refractivity contribution in [1.82, 2.24) is 5.32 Å². The molecule has 2 unspecified atom stereocenters. The third-order valence-corrected chi connectivity index (χ3v) is 6.23. The van der Waals surface area contributed by atoms with Crippen LogP contribution in [0.2, 0.25) is 0 Å². The van der Waals surface area contributed by atoms with E-state index in [1.54, 1.807) is 0 Å². The van der Waals surface area contributed by atoms with E-state index in [2.05, 4.69) is 72.0 Å². The molecule has 2 aliphatic rings. The largest absolute Gasteiger partial charge is 0.365 e. The van der Waals surface area contributed by atoms with Crippen molar-refractivity contribution in [3.63, 3.8) is 0 Å². The van der Waals surface area contributed by atoms with Gasteiger partial charge >= 0.3 is 0 Å². The number of nitrogens with one attached hydrogen (secondary N) is 1. The van der Waals surface area contributed by atoms with Crippen molar-refractivity contribution in [2.24, 2.45) is 11.8 Å². The fraction of sp³-hybridized carbons (Fsp3) is 0.667. The van der Waals surface area contributed by atoms with Crippen LogP contribution in [0.15, 0.2) is 22.7 Å². The zero-order valence-electron chi connectivity index (χ0n) is 13.6. The van der Waals surface area contributed by atoms with E-state index in [9.17, 15) is 0 Å². The molecule has 1 N–H and O–H groups in total.